The molecule has 3 aromatic rings. The lowest BCUT2D eigenvalue weighted by atomic mass is 9.94. The van der Waals surface area contributed by atoms with E-state index >= 15 is 0 Å². The molecule has 0 bridgehead atoms. The van der Waals surface area contributed by atoms with E-state index < -0.39 is 10.8 Å². The monoisotopic (exact) mass is 486 g/mol. The minimum absolute atomic E-state index is 0.707. The molecule has 35 heavy (non-hydrogen) atoms. The number of benzene rings is 3. The van der Waals surface area contributed by atoms with Gasteiger partial charge in [-0.2, -0.15) is 0 Å². The van der Waals surface area contributed by atoms with E-state index in [-0.39, 0.29) is 0 Å². The Balaban J connectivity index is 1.09. The van der Waals surface area contributed by atoms with E-state index in [2.05, 4.69) is 88.7 Å². The number of nitrogens with zero attached hydrogens (tertiary/aromatic N) is 2. The van der Waals surface area contributed by atoms with Gasteiger partial charge in [0.05, 0.1) is 10.8 Å². The Hall–Kier alpha value is -2.27. The molecule has 0 N–H and O–H groups in total. The third-order valence-electron chi connectivity index (χ3n) is 7.75. The fourth-order valence-corrected chi connectivity index (χ4v) is 6.83. The maximum absolute atomic E-state index is 13.2. The molecule has 1 fully saturated rings. The van der Waals surface area contributed by atoms with E-state index in [0.717, 1.165) is 69.2 Å². The fourth-order valence-electron chi connectivity index (χ4n) is 5.56. The normalized spacial score (nSPS) is 18.6. The van der Waals surface area contributed by atoms with Crippen LogP contribution in [0.2, 0.25) is 0 Å². The first-order valence-electron chi connectivity index (χ1n) is 13.3. The average molecular weight is 487 g/mol. The Morgan fingerprint density at radius 3 is 1.89 bits per heavy atom. The average Bonchev–Trinajstić information content (AvgIpc) is 3.11. The van der Waals surface area contributed by atoms with Crippen LogP contribution in [0, 0.1) is 5.92 Å². The summed E-state index contributed by atoms with van der Waals surface area (Å²) in [6.07, 6.45) is 5.66. The van der Waals surface area contributed by atoms with Gasteiger partial charge in [0.1, 0.15) is 0 Å². The predicted molar refractivity (Wildman–Crippen MR) is 146 cm³/mol. The SMILES string of the molecule is O=S(CCC1CCN(Cc2ccccc2)CC1)c1ccc2c(c1)CCN(Cc1ccccc1)CC2. The molecule has 2 aliphatic rings. The van der Waals surface area contributed by atoms with Crippen molar-refractivity contribution in [2.45, 2.75) is 50.1 Å². The number of hydrogen-bond acceptors (Lipinski definition) is 3. The summed E-state index contributed by atoms with van der Waals surface area (Å²) in [4.78, 5) is 6.15. The highest BCUT2D eigenvalue weighted by atomic mass is 32.2. The molecule has 1 saturated heterocycles. The van der Waals surface area contributed by atoms with Gasteiger partial charge in [-0.25, -0.2) is 0 Å². The summed E-state index contributed by atoms with van der Waals surface area (Å²) in [5.41, 5.74) is 5.62. The Labute approximate surface area is 213 Å². The molecule has 0 radical (unpaired) electrons. The van der Waals surface area contributed by atoms with Crippen molar-refractivity contribution in [2.75, 3.05) is 31.9 Å². The van der Waals surface area contributed by atoms with Crippen molar-refractivity contribution >= 4 is 10.8 Å². The quantitative estimate of drug-likeness (QED) is 0.408. The number of rotatable bonds is 8. The molecule has 0 amide bonds. The van der Waals surface area contributed by atoms with Crippen molar-refractivity contribution in [1.82, 2.24) is 9.80 Å². The van der Waals surface area contributed by atoms with Crippen LogP contribution in [0.3, 0.4) is 0 Å². The summed E-state index contributed by atoms with van der Waals surface area (Å²) in [5.74, 6) is 1.50. The van der Waals surface area contributed by atoms with Crippen LogP contribution < -0.4 is 0 Å². The predicted octanol–water partition coefficient (Wildman–Crippen LogP) is 5.70. The highest BCUT2D eigenvalue weighted by molar-refractivity contribution is 7.85. The van der Waals surface area contributed by atoms with E-state index in [1.165, 1.54) is 35.1 Å². The third kappa shape index (κ3) is 6.91. The lowest BCUT2D eigenvalue weighted by Crippen LogP contribution is -2.33. The number of piperidine rings is 1. The van der Waals surface area contributed by atoms with E-state index in [0.29, 0.717) is 5.92 Å². The van der Waals surface area contributed by atoms with Gasteiger partial charge in [0, 0.05) is 36.8 Å². The Kier molecular flexibility index (Phi) is 8.46. The van der Waals surface area contributed by atoms with E-state index in [1.807, 2.05) is 0 Å². The first-order chi connectivity index (χ1) is 17.2. The van der Waals surface area contributed by atoms with Gasteiger partial charge in [0.25, 0.3) is 0 Å². The number of hydrogen-bond donors (Lipinski definition) is 0. The van der Waals surface area contributed by atoms with Crippen LogP contribution in [-0.2, 0) is 36.7 Å². The smallest absolute Gasteiger partial charge is 0.0529 e. The maximum Gasteiger partial charge on any atom is 0.0529 e. The van der Waals surface area contributed by atoms with Gasteiger partial charge in [0.2, 0.25) is 0 Å². The largest absolute Gasteiger partial charge is 0.299 e. The highest BCUT2D eigenvalue weighted by Crippen LogP contribution is 2.25. The summed E-state index contributed by atoms with van der Waals surface area (Å²) in [6, 6.07) is 28.2. The van der Waals surface area contributed by atoms with Crippen LogP contribution in [0.1, 0.15) is 41.5 Å². The summed E-state index contributed by atoms with van der Waals surface area (Å²) in [6.45, 7) is 6.54. The first kappa shape index (κ1) is 24.4. The Bertz CT molecular complexity index is 1090. The van der Waals surface area contributed by atoms with Gasteiger partial charge < -0.3 is 0 Å². The van der Waals surface area contributed by atoms with Gasteiger partial charge in [-0.15, -0.1) is 0 Å². The zero-order valence-electron chi connectivity index (χ0n) is 20.8. The van der Waals surface area contributed by atoms with E-state index in [9.17, 15) is 4.21 Å². The van der Waals surface area contributed by atoms with Crippen LogP contribution >= 0.6 is 0 Å². The first-order valence-corrected chi connectivity index (χ1v) is 14.6. The molecule has 2 heterocycles. The second-order valence-electron chi connectivity index (χ2n) is 10.2. The van der Waals surface area contributed by atoms with Crippen LogP contribution in [0.5, 0.6) is 0 Å². The Morgan fingerprint density at radius 2 is 1.26 bits per heavy atom. The number of fused-ring (bicyclic) bond motifs is 1. The van der Waals surface area contributed by atoms with Crippen LogP contribution in [0.15, 0.2) is 83.8 Å². The molecule has 2 aliphatic heterocycles. The summed E-state index contributed by atoms with van der Waals surface area (Å²) >= 11 is 0. The summed E-state index contributed by atoms with van der Waals surface area (Å²) in [5, 5.41) is 0. The maximum atomic E-state index is 13.2. The van der Waals surface area contributed by atoms with Crippen molar-refractivity contribution in [1.29, 1.82) is 0 Å². The summed E-state index contributed by atoms with van der Waals surface area (Å²) < 4.78 is 13.2. The van der Waals surface area contributed by atoms with Gasteiger partial charge in [-0.1, -0.05) is 66.7 Å². The molecule has 184 valence electrons. The van der Waals surface area contributed by atoms with Crippen molar-refractivity contribution in [3.8, 4) is 0 Å². The van der Waals surface area contributed by atoms with Gasteiger partial charge in [-0.3, -0.25) is 14.0 Å². The van der Waals surface area contributed by atoms with Crippen molar-refractivity contribution < 1.29 is 4.21 Å². The Morgan fingerprint density at radius 1 is 0.686 bits per heavy atom. The number of likely N-dealkylation sites (tertiary alicyclic amines) is 1. The zero-order valence-corrected chi connectivity index (χ0v) is 21.6. The van der Waals surface area contributed by atoms with Gasteiger partial charge in [0.15, 0.2) is 0 Å². The molecule has 0 spiro atoms. The topological polar surface area (TPSA) is 23.6 Å². The lowest BCUT2D eigenvalue weighted by molar-refractivity contribution is 0.175. The molecule has 3 aromatic carbocycles. The van der Waals surface area contributed by atoms with Crippen molar-refractivity contribution in [3.05, 3.63) is 101 Å². The second-order valence-corrected chi connectivity index (χ2v) is 11.8. The van der Waals surface area contributed by atoms with Crippen LogP contribution in [-0.4, -0.2) is 45.9 Å². The van der Waals surface area contributed by atoms with Crippen LogP contribution in [0.25, 0.3) is 0 Å². The molecule has 3 nitrogen and oxygen atoms in total. The fraction of sp³-hybridized carbons (Fsp3) is 0.419. The van der Waals surface area contributed by atoms with E-state index in [4.69, 9.17) is 0 Å². The molecule has 5 rings (SSSR count). The van der Waals surface area contributed by atoms with Gasteiger partial charge >= 0.3 is 0 Å². The highest BCUT2D eigenvalue weighted by Gasteiger charge is 2.21. The lowest BCUT2D eigenvalue weighted by Gasteiger charge is -2.32. The van der Waals surface area contributed by atoms with Crippen molar-refractivity contribution in [3.63, 3.8) is 0 Å². The van der Waals surface area contributed by atoms with Gasteiger partial charge in [-0.05, 0) is 85.5 Å². The van der Waals surface area contributed by atoms with Crippen molar-refractivity contribution in [2.24, 2.45) is 5.92 Å². The third-order valence-corrected chi connectivity index (χ3v) is 9.14. The standard InChI is InChI=1S/C31H38N2OS/c34-35(22-17-26-13-18-32(19-14-26)24-27-7-3-1-4-8-27)31-12-11-29-15-20-33(21-16-30(29)23-31)25-28-9-5-2-6-10-28/h1-12,23,26H,13-22,24-25H2. The van der Waals surface area contributed by atoms with E-state index in [1.54, 1.807) is 0 Å². The molecule has 0 aromatic heterocycles. The molecular weight excluding hydrogens is 448 g/mol. The molecule has 0 saturated carbocycles. The molecule has 4 heteroatoms. The molecule has 1 unspecified atom stereocenters. The minimum Gasteiger partial charge on any atom is -0.299 e. The second kappa shape index (κ2) is 12.1. The summed E-state index contributed by atoms with van der Waals surface area (Å²) in [7, 11) is -0.896. The molecule has 0 aliphatic carbocycles. The zero-order chi connectivity index (χ0) is 23.9. The van der Waals surface area contributed by atoms with Crippen LogP contribution in [0.4, 0.5) is 0 Å². The molecular formula is C31H38N2OS. The molecule has 1 atom stereocenters. The minimum atomic E-state index is -0.896.